The predicted molar refractivity (Wildman–Crippen MR) is 120 cm³/mol. The molecule has 2 heterocycles. The fourth-order valence-electron chi connectivity index (χ4n) is 4.03. The first-order chi connectivity index (χ1) is 15.9. The molecule has 0 saturated carbocycles. The average Bonchev–Trinajstić information content (AvgIpc) is 3.63. The standard InChI is InChI=1S/C27H28O5/c1-4-10-20(11-5-1)16-28-19-23-24(29-17-21-12-6-2-7-13-21)25(26-27(31-23)32-26)30-18-22-14-8-3-9-15-22/h1-15,23-27H,16-19H2/t23?,24?,25-,26?,27?/m0/s1. The lowest BCUT2D eigenvalue weighted by Gasteiger charge is -2.35. The molecule has 0 aliphatic carbocycles. The van der Waals surface area contributed by atoms with Gasteiger partial charge in [0.2, 0.25) is 0 Å². The van der Waals surface area contributed by atoms with Crippen molar-refractivity contribution in [1.82, 2.24) is 0 Å². The smallest absolute Gasteiger partial charge is 0.187 e. The molecule has 5 atom stereocenters. The second kappa shape index (κ2) is 10.4. The zero-order chi connectivity index (χ0) is 21.6. The third-order valence-corrected chi connectivity index (χ3v) is 5.77. The topological polar surface area (TPSA) is 49.5 Å². The fourth-order valence-corrected chi connectivity index (χ4v) is 4.03. The first-order valence-corrected chi connectivity index (χ1v) is 11.1. The quantitative estimate of drug-likeness (QED) is 0.442. The predicted octanol–water partition coefficient (Wildman–Crippen LogP) is 4.50. The zero-order valence-corrected chi connectivity index (χ0v) is 17.9. The first kappa shape index (κ1) is 21.3. The minimum absolute atomic E-state index is 0.107. The van der Waals surface area contributed by atoms with E-state index in [4.69, 9.17) is 23.7 Å². The second-order valence-electron chi connectivity index (χ2n) is 8.17. The molecule has 0 N–H and O–H groups in total. The number of rotatable bonds is 10. The van der Waals surface area contributed by atoms with Gasteiger partial charge in [0.15, 0.2) is 6.29 Å². The van der Waals surface area contributed by atoms with Gasteiger partial charge in [-0.1, -0.05) is 91.0 Å². The minimum Gasteiger partial charge on any atom is -0.374 e. The van der Waals surface area contributed by atoms with E-state index in [1.54, 1.807) is 0 Å². The number of benzene rings is 3. The molecule has 3 aromatic rings. The van der Waals surface area contributed by atoms with Crippen LogP contribution in [-0.2, 0) is 43.5 Å². The Kier molecular flexibility index (Phi) is 6.92. The van der Waals surface area contributed by atoms with Crippen molar-refractivity contribution in [3.05, 3.63) is 108 Å². The summed E-state index contributed by atoms with van der Waals surface area (Å²) in [5.41, 5.74) is 3.36. The molecule has 2 aliphatic rings. The number of hydrogen-bond acceptors (Lipinski definition) is 5. The summed E-state index contributed by atoms with van der Waals surface area (Å²) < 4.78 is 30.6. The van der Waals surface area contributed by atoms with Crippen molar-refractivity contribution in [2.45, 2.75) is 50.5 Å². The molecule has 166 valence electrons. The number of epoxide rings is 1. The van der Waals surface area contributed by atoms with Crippen molar-refractivity contribution in [3.63, 3.8) is 0 Å². The molecule has 4 unspecified atom stereocenters. The lowest BCUT2D eigenvalue weighted by Crippen LogP contribution is -2.52. The maximum Gasteiger partial charge on any atom is 0.187 e. The van der Waals surface area contributed by atoms with Crippen molar-refractivity contribution in [1.29, 1.82) is 0 Å². The molecule has 5 nitrogen and oxygen atoms in total. The SMILES string of the molecule is c1ccc(COCC2OC3OC3[C@@H](OCc3ccccc3)C2OCc2ccccc2)cc1. The van der Waals surface area contributed by atoms with Crippen LogP contribution in [0, 0.1) is 0 Å². The van der Waals surface area contributed by atoms with E-state index in [2.05, 4.69) is 36.4 Å². The maximum absolute atomic E-state index is 6.37. The molecule has 0 spiro atoms. The van der Waals surface area contributed by atoms with Gasteiger partial charge < -0.3 is 23.7 Å². The van der Waals surface area contributed by atoms with Crippen molar-refractivity contribution >= 4 is 0 Å². The molecule has 5 heteroatoms. The Labute approximate surface area is 188 Å². The molecule has 2 aliphatic heterocycles. The van der Waals surface area contributed by atoms with Crippen LogP contribution >= 0.6 is 0 Å². The average molecular weight is 433 g/mol. The van der Waals surface area contributed by atoms with Gasteiger partial charge in [0, 0.05) is 0 Å². The number of hydrogen-bond donors (Lipinski definition) is 0. The Morgan fingerprint density at radius 2 is 1.06 bits per heavy atom. The van der Waals surface area contributed by atoms with Gasteiger partial charge in [0.1, 0.15) is 24.4 Å². The Bertz CT molecular complexity index is 950. The van der Waals surface area contributed by atoms with Crippen LogP contribution in [0.4, 0.5) is 0 Å². The van der Waals surface area contributed by atoms with Gasteiger partial charge in [0.25, 0.3) is 0 Å². The Balaban J connectivity index is 1.26. The van der Waals surface area contributed by atoms with Crippen LogP contribution in [0.5, 0.6) is 0 Å². The highest BCUT2D eigenvalue weighted by Crippen LogP contribution is 2.39. The van der Waals surface area contributed by atoms with E-state index in [9.17, 15) is 0 Å². The zero-order valence-electron chi connectivity index (χ0n) is 17.9. The van der Waals surface area contributed by atoms with Crippen LogP contribution in [0.25, 0.3) is 0 Å². The molecule has 0 radical (unpaired) electrons. The molecule has 32 heavy (non-hydrogen) atoms. The van der Waals surface area contributed by atoms with Gasteiger partial charge >= 0.3 is 0 Å². The lowest BCUT2D eigenvalue weighted by molar-refractivity contribution is -0.192. The first-order valence-electron chi connectivity index (χ1n) is 11.1. The van der Waals surface area contributed by atoms with Gasteiger partial charge in [-0.05, 0) is 16.7 Å². The van der Waals surface area contributed by atoms with Crippen molar-refractivity contribution in [2.75, 3.05) is 6.61 Å². The fraction of sp³-hybridized carbons (Fsp3) is 0.333. The van der Waals surface area contributed by atoms with Crippen LogP contribution in [0.2, 0.25) is 0 Å². The van der Waals surface area contributed by atoms with Crippen LogP contribution in [0.1, 0.15) is 16.7 Å². The van der Waals surface area contributed by atoms with Gasteiger partial charge in [-0.25, -0.2) is 0 Å². The van der Waals surface area contributed by atoms with E-state index in [1.165, 1.54) is 0 Å². The summed E-state index contributed by atoms with van der Waals surface area (Å²) in [6.07, 6.45) is -1.14. The molecule has 2 saturated heterocycles. The minimum atomic E-state index is -0.293. The summed E-state index contributed by atoms with van der Waals surface area (Å²) in [5, 5.41) is 0. The lowest BCUT2D eigenvalue weighted by atomic mass is 10.0. The summed E-state index contributed by atoms with van der Waals surface area (Å²) >= 11 is 0. The summed E-state index contributed by atoms with van der Waals surface area (Å²) in [7, 11) is 0. The van der Waals surface area contributed by atoms with Crippen LogP contribution in [0.15, 0.2) is 91.0 Å². The second-order valence-corrected chi connectivity index (χ2v) is 8.17. The van der Waals surface area contributed by atoms with Crippen molar-refractivity contribution in [2.24, 2.45) is 0 Å². The Morgan fingerprint density at radius 1 is 0.562 bits per heavy atom. The molecule has 3 aromatic carbocycles. The van der Waals surface area contributed by atoms with E-state index >= 15 is 0 Å². The number of ether oxygens (including phenoxy) is 5. The monoisotopic (exact) mass is 432 g/mol. The Hall–Kier alpha value is -2.54. The summed E-state index contributed by atoms with van der Waals surface area (Å²) in [4.78, 5) is 0. The van der Waals surface area contributed by atoms with E-state index < -0.39 is 0 Å². The van der Waals surface area contributed by atoms with Gasteiger partial charge in [-0.15, -0.1) is 0 Å². The molecular formula is C27H28O5. The van der Waals surface area contributed by atoms with E-state index in [-0.39, 0.29) is 30.7 Å². The molecule has 5 rings (SSSR count). The van der Waals surface area contributed by atoms with Crippen LogP contribution in [0.3, 0.4) is 0 Å². The van der Waals surface area contributed by atoms with Crippen LogP contribution in [-0.4, -0.2) is 37.3 Å². The van der Waals surface area contributed by atoms with Gasteiger partial charge in [0.05, 0.1) is 26.4 Å². The third kappa shape index (κ3) is 5.44. The highest BCUT2D eigenvalue weighted by molar-refractivity contribution is 5.15. The number of fused-ring (bicyclic) bond motifs is 1. The van der Waals surface area contributed by atoms with E-state index in [0.29, 0.717) is 26.4 Å². The van der Waals surface area contributed by atoms with E-state index in [1.807, 2.05) is 54.6 Å². The Morgan fingerprint density at radius 3 is 1.62 bits per heavy atom. The molecule has 0 amide bonds. The van der Waals surface area contributed by atoms with Gasteiger partial charge in [-0.2, -0.15) is 0 Å². The van der Waals surface area contributed by atoms with Crippen molar-refractivity contribution in [3.8, 4) is 0 Å². The van der Waals surface area contributed by atoms with Gasteiger partial charge in [-0.3, -0.25) is 0 Å². The highest BCUT2D eigenvalue weighted by Gasteiger charge is 2.58. The summed E-state index contributed by atoms with van der Waals surface area (Å²) in [6, 6.07) is 30.4. The molecule has 0 bridgehead atoms. The molecule has 2 fully saturated rings. The normalized spacial score (nSPS) is 26.4. The summed E-state index contributed by atoms with van der Waals surface area (Å²) in [5.74, 6) is 0. The van der Waals surface area contributed by atoms with Crippen molar-refractivity contribution < 1.29 is 23.7 Å². The highest BCUT2D eigenvalue weighted by atomic mass is 16.8. The van der Waals surface area contributed by atoms with Crippen LogP contribution < -0.4 is 0 Å². The summed E-state index contributed by atoms with van der Waals surface area (Å²) in [6.45, 7) is 1.91. The molecule has 0 aromatic heterocycles. The largest absolute Gasteiger partial charge is 0.374 e. The molecular weight excluding hydrogens is 404 g/mol. The van der Waals surface area contributed by atoms with E-state index in [0.717, 1.165) is 16.7 Å². The maximum atomic E-state index is 6.37. The third-order valence-electron chi connectivity index (χ3n) is 5.77.